The van der Waals surface area contributed by atoms with Gasteiger partial charge in [0, 0.05) is 24.9 Å². The van der Waals surface area contributed by atoms with Gasteiger partial charge < -0.3 is 20.9 Å². The van der Waals surface area contributed by atoms with Crippen LogP contribution >= 0.6 is 0 Å². The fourth-order valence-electron chi connectivity index (χ4n) is 8.02. The second kappa shape index (κ2) is 39.2. The molecule has 0 spiro atoms. The van der Waals surface area contributed by atoms with Crippen LogP contribution in [0.15, 0.2) is 24.3 Å². The van der Waals surface area contributed by atoms with Gasteiger partial charge in [0.25, 0.3) is 0 Å². The molecule has 0 aliphatic heterocycles. The maximum absolute atomic E-state index is 12.8. The summed E-state index contributed by atoms with van der Waals surface area (Å²) in [6.45, 7) is 4.55. The molecule has 0 aliphatic carbocycles. The highest BCUT2D eigenvalue weighted by Gasteiger charge is 2.19. The van der Waals surface area contributed by atoms with Crippen LogP contribution in [-0.2, 0) is 9.47 Å². The lowest BCUT2D eigenvalue weighted by molar-refractivity contribution is 0.0281. The van der Waals surface area contributed by atoms with Crippen LogP contribution in [0.1, 0.15) is 266 Å². The molecular formula is C50H94N4O4. The fraction of sp³-hybridized carbons (Fsp3) is 0.840. The molecule has 4 unspecified atom stereocenters. The Hall–Kier alpha value is -2.00. The number of carbonyl (C=O) groups excluding carboxylic acids is 2. The molecule has 8 heteroatoms. The summed E-state index contributed by atoms with van der Waals surface area (Å²) in [5.74, 6) is -1.19. The summed E-state index contributed by atoms with van der Waals surface area (Å²) < 4.78 is 11.0. The van der Waals surface area contributed by atoms with Gasteiger partial charge in [0.2, 0.25) is 0 Å². The molecule has 0 heterocycles. The van der Waals surface area contributed by atoms with Crippen LogP contribution in [0.4, 0.5) is 0 Å². The smallest absolute Gasteiger partial charge is 0.339 e. The molecule has 1 rings (SSSR count). The highest BCUT2D eigenvalue weighted by molar-refractivity contribution is 5.95. The number of ether oxygens (including phenoxy) is 2. The monoisotopic (exact) mass is 815 g/mol. The zero-order chi connectivity index (χ0) is 42.3. The van der Waals surface area contributed by atoms with Gasteiger partial charge in [0.15, 0.2) is 12.5 Å². The lowest BCUT2D eigenvalue weighted by Gasteiger charge is -2.19. The van der Waals surface area contributed by atoms with Gasteiger partial charge >= 0.3 is 11.9 Å². The van der Waals surface area contributed by atoms with Crippen molar-refractivity contribution in [2.75, 3.05) is 0 Å². The van der Waals surface area contributed by atoms with E-state index in [0.717, 1.165) is 25.7 Å². The van der Waals surface area contributed by atoms with E-state index in [-0.39, 0.29) is 23.2 Å². The molecule has 338 valence electrons. The van der Waals surface area contributed by atoms with Gasteiger partial charge in [-0.3, -0.25) is 11.5 Å². The number of nitrogens with two attached hydrogens (primary N) is 4. The first kappa shape index (κ1) is 54.0. The Morgan fingerprint density at radius 1 is 0.414 bits per heavy atom. The summed E-state index contributed by atoms with van der Waals surface area (Å²) >= 11 is 0. The van der Waals surface area contributed by atoms with Crippen molar-refractivity contribution in [1.29, 1.82) is 0 Å². The summed E-state index contributed by atoms with van der Waals surface area (Å²) in [7, 11) is 0. The van der Waals surface area contributed by atoms with Crippen molar-refractivity contribution >= 4 is 11.9 Å². The van der Waals surface area contributed by atoms with Crippen LogP contribution in [0, 0.1) is 0 Å². The van der Waals surface area contributed by atoms with Gasteiger partial charge in [0.1, 0.15) is 0 Å². The second-order valence-electron chi connectivity index (χ2n) is 17.6. The van der Waals surface area contributed by atoms with Crippen molar-refractivity contribution in [1.82, 2.24) is 0 Å². The average Bonchev–Trinajstić information content (AvgIpc) is 3.20. The molecule has 0 aromatic heterocycles. The maximum atomic E-state index is 12.8. The molecule has 0 saturated heterocycles. The van der Waals surface area contributed by atoms with E-state index in [4.69, 9.17) is 32.4 Å². The Balaban J connectivity index is 2.11. The number of esters is 2. The minimum absolute atomic E-state index is 0.132. The van der Waals surface area contributed by atoms with Crippen molar-refractivity contribution in [2.24, 2.45) is 22.9 Å². The molecule has 0 fully saturated rings. The van der Waals surface area contributed by atoms with Crippen molar-refractivity contribution in [2.45, 2.75) is 270 Å². The molecule has 0 aliphatic rings. The molecule has 0 radical (unpaired) electrons. The Kier molecular flexibility index (Phi) is 36.5. The van der Waals surface area contributed by atoms with E-state index in [1.807, 2.05) is 0 Å². The topological polar surface area (TPSA) is 157 Å². The first-order valence-electron chi connectivity index (χ1n) is 24.8. The van der Waals surface area contributed by atoms with Crippen molar-refractivity contribution < 1.29 is 19.1 Å². The summed E-state index contributed by atoms with van der Waals surface area (Å²) in [5, 5.41) is 0. The summed E-state index contributed by atoms with van der Waals surface area (Å²) in [4.78, 5) is 25.7. The lowest BCUT2D eigenvalue weighted by Crippen LogP contribution is -2.35. The third-order valence-electron chi connectivity index (χ3n) is 11.8. The van der Waals surface area contributed by atoms with E-state index in [9.17, 15) is 9.59 Å². The lowest BCUT2D eigenvalue weighted by atomic mass is 10.0. The largest absolute Gasteiger partial charge is 0.443 e. The normalized spacial score (nSPS) is 13.6. The van der Waals surface area contributed by atoms with Gasteiger partial charge in [-0.15, -0.1) is 0 Å². The van der Waals surface area contributed by atoms with Crippen LogP contribution in [0.3, 0.4) is 0 Å². The Bertz CT molecular complexity index is 1010. The number of benzene rings is 1. The number of hydrogen-bond donors (Lipinski definition) is 4. The third-order valence-corrected chi connectivity index (χ3v) is 11.8. The van der Waals surface area contributed by atoms with Crippen molar-refractivity contribution in [3.63, 3.8) is 0 Å². The quantitative estimate of drug-likeness (QED) is 0.0289. The molecule has 58 heavy (non-hydrogen) atoms. The van der Waals surface area contributed by atoms with Gasteiger partial charge in [-0.2, -0.15) is 0 Å². The van der Waals surface area contributed by atoms with Crippen LogP contribution in [0.2, 0.25) is 0 Å². The summed E-state index contributed by atoms with van der Waals surface area (Å²) in [6, 6.07) is 6.00. The first-order valence-corrected chi connectivity index (χ1v) is 24.8. The van der Waals surface area contributed by atoms with Crippen molar-refractivity contribution in [3.8, 4) is 0 Å². The van der Waals surface area contributed by atoms with Gasteiger partial charge in [0.05, 0.1) is 11.1 Å². The zero-order valence-electron chi connectivity index (χ0n) is 38.0. The van der Waals surface area contributed by atoms with Crippen LogP contribution in [0.25, 0.3) is 0 Å². The minimum atomic E-state index is -0.816. The number of hydrogen-bond acceptors (Lipinski definition) is 8. The average molecular weight is 815 g/mol. The van der Waals surface area contributed by atoms with E-state index in [2.05, 4.69) is 13.8 Å². The molecule has 8 N–H and O–H groups in total. The van der Waals surface area contributed by atoms with Crippen molar-refractivity contribution in [3.05, 3.63) is 35.4 Å². The Morgan fingerprint density at radius 2 is 0.655 bits per heavy atom. The predicted octanol–water partition coefficient (Wildman–Crippen LogP) is 13.3. The standard InChI is InChI=1S/C50H94N4O4/c1-3-5-7-9-11-13-15-17-19-21-23-25-27-29-31-33-38-45(51)41-47(53)57-49(55)43-36-35-37-44(40-43)50(56)58-48(54)42-46(52)39-34-32-30-28-26-24-22-20-18-16-14-12-10-8-6-4-2/h35-37,40,45-48H,3-34,38-39,41-42,51-54H2,1-2H3. The molecule has 8 nitrogen and oxygen atoms in total. The second-order valence-corrected chi connectivity index (χ2v) is 17.6. The van der Waals surface area contributed by atoms with E-state index < -0.39 is 24.4 Å². The number of rotatable bonds is 42. The maximum Gasteiger partial charge on any atom is 0.339 e. The van der Waals surface area contributed by atoms with Crippen LogP contribution < -0.4 is 22.9 Å². The number of unbranched alkanes of at least 4 members (excludes halogenated alkanes) is 30. The highest BCUT2D eigenvalue weighted by atomic mass is 16.6. The highest BCUT2D eigenvalue weighted by Crippen LogP contribution is 2.18. The van der Waals surface area contributed by atoms with Gasteiger partial charge in [-0.25, -0.2) is 9.59 Å². The molecular weight excluding hydrogens is 721 g/mol. The van der Waals surface area contributed by atoms with Gasteiger partial charge in [-0.05, 0) is 31.0 Å². The molecule has 1 aromatic carbocycles. The summed E-state index contributed by atoms with van der Waals surface area (Å²) in [5.41, 5.74) is 25.4. The van der Waals surface area contributed by atoms with E-state index >= 15 is 0 Å². The molecule has 0 amide bonds. The third kappa shape index (κ3) is 32.8. The van der Waals surface area contributed by atoms with E-state index in [1.165, 1.54) is 199 Å². The van der Waals surface area contributed by atoms with Crippen LogP contribution in [-0.4, -0.2) is 36.5 Å². The fourth-order valence-corrected chi connectivity index (χ4v) is 8.02. The van der Waals surface area contributed by atoms with Crippen LogP contribution in [0.5, 0.6) is 0 Å². The minimum Gasteiger partial charge on any atom is -0.443 e. The first-order chi connectivity index (χ1) is 28.3. The summed E-state index contributed by atoms with van der Waals surface area (Å²) in [6.07, 6.45) is 43.6. The predicted molar refractivity (Wildman–Crippen MR) is 247 cm³/mol. The Labute approximate surface area is 357 Å². The zero-order valence-corrected chi connectivity index (χ0v) is 38.0. The molecule has 1 aromatic rings. The molecule has 4 atom stereocenters. The van der Waals surface area contributed by atoms with Gasteiger partial charge in [-0.1, -0.05) is 225 Å². The number of carbonyl (C=O) groups is 2. The molecule has 0 bridgehead atoms. The SMILES string of the molecule is CCCCCCCCCCCCCCCCCCC(N)CC(N)OC(=O)c1cccc(C(=O)OC(N)CC(N)CCCCCCCCCCCCCCCCCC)c1. The van der Waals surface area contributed by atoms with E-state index in [1.54, 1.807) is 18.2 Å². The van der Waals surface area contributed by atoms with E-state index in [0.29, 0.717) is 12.8 Å². The Morgan fingerprint density at radius 3 is 0.914 bits per heavy atom. The molecule has 0 saturated carbocycles.